The minimum atomic E-state index is -0.170. The molecule has 0 bridgehead atoms. The van der Waals surface area contributed by atoms with E-state index in [1.165, 1.54) is 11.3 Å². The summed E-state index contributed by atoms with van der Waals surface area (Å²) in [5.74, 6) is 0.649. The summed E-state index contributed by atoms with van der Waals surface area (Å²) in [5.41, 5.74) is 0.761. The molecule has 3 aromatic rings. The van der Waals surface area contributed by atoms with Crippen LogP contribution in [0.15, 0.2) is 48.8 Å². The molecule has 7 heteroatoms. The highest BCUT2D eigenvalue weighted by Crippen LogP contribution is 2.22. The first-order valence-electron chi connectivity index (χ1n) is 6.29. The SMILES string of the molecule is Cn1nccc1Nc1ncc(C(=O)Nc2ccccc2)s1. The molecular weight excluding hydrogens is 286 g/mol. The number of carbonyl (C=O) groups excluding carboxylic acids is 1. The minimum absolute atomic E-state index is 0.170. The first kappa shape index (κ1) is 13.3. The lowest BCUT2D eigenvalue weighted by molar-refractivity contribution is 0.103. The lowest BCUT2D eigenvalue weighted by Crippen LogP contribution is -2.09. The summed E-state index contributed by atoms with van der Waals surface area (Å²) in [6.07, 6.45) is 3.25. The molecule has 1 amide bonds. The minimum Gasteiger partial charge on any atom is -0.321 e. The van der Waals surface area contributed by atoms with Crippen molar-refractivity contribution in [1.82, 2.24) is 14.8 Å². The van der Waals surface area contributed by atoms with Gasteiger partial charge in [0.25, 0.3) is 5.91 Å². The van der Waals surface area contributed by atoms with E-state index in [0.717, 1.165) is 11.5 Å². The fourth-order valence-corrected chi connectivity index (χ4v) is 2.48. The number of thiazole rings is 1. The average molecular weight is 299 g/mol. The van der Waals surface area contributed by atoms with Gasteiger partial charge in [0.05, 0.1) is 12.4 Å². The largest absolute Gasteiger partial charge is 0.321 e. The lowest BCUT2D eigenvalue weighted by atomic mass is 10.3. The maximum atomic E-state index is 12.1. The van der Waals surface area contributed by atoms with E-state index in [2.05, 4.69) is 20.7 Å². The predicted octanol–water partition coefficient (Wildman–Crippen LogP) is 2.87. The average Bonchev–Trinajstić information content (AvgIpc) is 3.11. The molecule has 1 aromatic carbocycles. The lowest BCUT2D eigenvalue weighted by Gasteiger charge is -2.02. The Morgan fingerprint density at radius 1 is 1.24 bits per heavy atom. The number of carbonyl (C=O) groups is 1. The number of nitrogens with one attached hydrogen (secondary N) is 2. The normalized spacial score (nSPS) is 10.3. The van der Waals surface area contributed by atoms with Crippen LogP contribution in [-0.4, -0.2) is 20.7 Å². The number of hydrogen-bond donors (Lipinski definition) is 2. The second-order valence-corrected chi connectivity index (χ2v) is 5.35. The number of rotatable bonds is 4. The van der Waals surface area contributed by atoms with Crippen molar-refractivity contribution >= 4 is 33.9 Å². The summed E-state index contributed by atoms with van der Waals surface area (Å²) in [6, 6.07) is 11.2. The summed E-state index contributed by atoms with van der Waals surface area (Å²) in [5, 5.41) is 10.7. The molecular formula is C14H13N5OS. The molecule has 0 aliphatic carbocycles. The molecule has 2 aromatic heterocycles. The van der Waals surface area contributed by atoms with Crippen molar-refractivity contribution < 1.29 is 4.79 Å². The number of amides is 1. The highest BCUT2D eigenvalue weighted by Gasteiger charge is 2.11. The molecule has 0 saturated heterocycles. The summed E-state index contributed by atoms with van der Waals surface area (Å²) < 4.78 is 1.70. The number of aryl methyl sites for hydroxylation is 1. The van der Waals surface area contributed by atoms with Crippen LogP contribution in [0.3, 0.4) is 0 Å². The van der Waals surface area contributed by atoms with Crippen LogP contribution < -0.4 is 10.6 Å². The van der Waals surface area contributed by atoms with Crippen molar-refractivity contribution in [2.75, 3.05) is 10.6 Å². The Morgan fingerprint density at radius 2 is 2.05 bits per heavy atom. The van der Waals surface area contributed by atoms with Crippen LogP contribution in [0.5, 0.6) is 0 Å². The summed E-state index contributed by atoms with van der Waals surface area (Å²) in [4.78, 5) is 16.9. The van der Waals surface area contributed by atoms with Gasteiger partial charge in [-0.25, -0.2) is 4.98 Å². The molecule has 0 spiro atoms. The van der Waals surface area contributed by atoms with Gasteiger partial charge in [-0.2, -0.15) is 5.10 Å². The van der Waals surface area contributed by atoms with Crippen LogP contribution in [0.4, 0.5) is 16.6 Å². The third-order valence-corrected chi connectivity index (χ3v) is 3.73. The molecule has 0 atom stereocenters. The van der Waals surface area contributed by atoms with Crippen LogP contribution in [0.1, 0.15) is 9.67 Å². The van der Waals surface area contributed by atoms with E-state index in [1.54, 1.807) is 17.1 Å². The van der Waals surface area contributed by atoms with Crippen molar-refractivity contribution in [2.24, 2.45) is 7.05 Å². The topological polar surface area (TPSA) is 71.8 Å². The molecule has 0 aliphatic heterocycles. The highest BCUT2D eigenvalue weighted by atomic mass is 32.1. The van der Waals surface area contributed by atoms with Crippen LogP contribution >= 0.6 is 11.3 Å². The van der Waals surface area contributed by atoms with Gasteiger partial charge in [0.2, 0.25) is 0 Å². The van der Waals surface area contributed by atoms with E-state index < -0.39 is 0 Å². The third-order valence-electron chi connectivity index (χ3n) is 2.82. The van der Waals surface area contributed by atoms with Gasteiger partial charge in [-0.3, -0.25) is 9.48 Å². The zero-order chi connectivity index (χ0) is 14.7. The second-order valence-electron chi connectivity index (χ2n) is 4.31. The molecule has 21 heavy (non-hydrogen) atoms. The van der Waals surface area contributed by atoms with Crippen LogP contribution in [0.2, 0.25) is 0 Å². The predicted molar refractivity (Wildman–Crippen MR) is 83.0 cm³/mol. The monoisotopic (exact) mass is 299 g/mol. The van der Waals surface area contributed by atoms with Crippen LogP contribution in [-0.2, 0) is 7.05 Å². The highest BCUT2D eigenvalue weighted by molar-refractivity contribution is 7.17. The molecule has 106 valence electrons. The third kappa shape index (κ3) is 3.09. The maximum Gasteiger partial charge on any atom is 0.267 e. The van der Waals surface area contributed by atoms with Crippen LogP contribution in [0, 0.1) is 0 Å². The van der Waals surface area contributed by atoms with Gasteiger partial charge in [-0.15, -0.1) is 0 Å². The number of para-hydroxylation sites is 1. The van der Waals surface area contributed by atoms with Gasteiger partial charge < -0.3 is 10.6 Å². The van der Waals surface area contributed by atoms with Crippen molar-refractivity contribution in [1.29, 1.82) is 0 Å². The van der Waals surface area contributed by atoms with Gasteiger partial charge in [0, 0.05) is 18.8 Å². The summed E-state index contributed by atoms with van der Waals surface area (Å²) in [6.45, 7) is 0. The Hall–Kier alpha value is -2.67. The van der Waals surface area contributed by atoms with Crippen LogP contribution in [0.25, 0.3) is 0 Å². The standard InChI is InChI=1S/C14H13N5OS/c1-19-12(7-8-16-19)18-14-15-9-11(21-14)13(20)17-10-5-3-2-4-6-10/h2-9H,1H3,(H,15,18)(H,17,20). The quantitative estimate of drug-likeness (QED) is 0.777. The van der Waals surface area contributed by atoms with E-state index >= 15 is 0 Å². The Morgan fingerprint density at radius 3 is 2.76 bits per heavy atom. The van der Waals surface area contributed by atoms with Gasteiger partial charge in [-0.05, 0) is 12.1 Å². The zero-order valence-electron chi connectivity index (χ0n) is 11.3. The molecule has 0 fully saturated rings. The number of aromatic nitrogens is 3. The van der Waals surface area contributed by atoms with Crippen molar-refractivity contribution in [3.63, 3.8) is 0 Å². The Bertz CT molecular complexity index is 750. The number of anilines is 3. The Kier molecular flexibility index (Phi) is 3.65. The molecule has 0 unspecified atom stereocenters. The first-order chi connectivity index (χ1) is 10.2. The molecule has 3 rings (SSSR count). The van der Waals surface area contributed by atoms with E-state index in [1.807, 2.05) is 43.4 Å². The fourth-order valence-electron chi connectivity index (χ4n) is 1.76. The van der Waals surface area contributed by atoms with Crippen molar-refractivity contribution in [3.05, 3.63) is 53.7 Å². The molecule has 6 nitrogen and oxygen atoms in total. The van der Waals surface area contributed by atoms with E-state index in [0.29, 0.717) is 10.0 Å². The van der Waals surface area contributed by atoms with Gasteiger partial charge >= 0.3 is 0 Å². The number of hydrogen-bond acceptors (Lipinski definition) is 5. The van der Waals surface area contributed by atoms with Gasteiger partial charge in [-0.1, -0.05) is 29.5 Å². The van der Waals surface area contributed by atoms with Crippen molar-refractivity contribution in [2.45, 2.75) is 0 Å². The van der Waals surface area contributed by atoms with E-state index in [-0.39, 0.29) is 5.91 Å². The Labute approximate surface area is 125 Å². The second kappa shape index (κ2) is 5.76. The van der Waals surface area contributed by atoms with Gasteiger partial charge in [0.1, 0.15) is 10.7 Å². The van der Waals surface area contributed by atoms with E-state index in [4.69, 9.17) is 0 Å². The zero-order valence-corrected chi connectivity index (χ0v) is 12.1. The maximum absolute atomic E-state index is 12.1. The number of benzene rings is 1. The van der Waals surface area contributed by atoms with Gasteiger partial charge in [0.15, 0.2) is 5.13 Å². The number of nitrogens with zero attached hydrogens (tertiary/aromatic N) is 3. The van der Waals surface area contributed by atoms with Crippen molar-refractivity contribution in [3.8, 4) is 0 Å². The summed E-state index contributed by atoms with van der Waals surface area (Å²) >= 11 is 1.29. The molecule has 2 N–H and O–H groups in total. The fraction of sp³-hybridized carbons (Fsp3) is 0.0714. The Balaban J connectivity index is 1.70. The molecule has 2 heterocycles. The first-order valence-corrected chi connectivity index (χ1v) is 7.11. The molecule has 0 saturated carbocycles. The summed E-state index contributed by atoms with van der Waals surface area (Å²) in [7, 11) is 1.83. The van der Waals surface area contributed by atoms with E-state index in [9.17, 15) is 4.79 Å². The smallest absolute Gasteiger partial charge is 0.267 e. The molecule has 0 aliphatic rings. The molecule has 0 radical (unpaired) electrons.